The van der Waals surface area contributed by atoms with E-state index in [4.69, 9.17) is 0 Å². The average Bonchev–Trinajstić information content (AvgIpc) is 2.26. The first kappa shape index (κ1) is 16.0. The number of hydrogen-bond acceptors (Lipinski definition) is 1. The second-order valence-electron chi connectivity index (χ2n) is 4.91. The number of nitrogens with one attached hydrogen (secondary N) is 1. The van der Waals surface area contributed by atoms with Gasteiger partial charge in [-0.05, 0) is 49.6 Å². The van der Waals surface area contributed by atoms with E-state index < -0.39 is 17.6 Å². The number of alkyl halides is 3. The van der Waals surface area contributed by atoms with Crippen LogP contribution in [0.3, 0.4) is 0 Å². The highest BCUT2D eigenvalue weighted by Crippen LogP contribution is 2.30. The maximum atomic E-state index is 13.1. The summed E-state index contributed by atoms with van der Waals surface area (Å²) in [5, 5.41) is 3.22. The summed E-state index contributed by atoms with van der Waals surface area (Å²) in [7, 11) is 0. The minimum atomic E-state index is -4.49. The van der Waals surface area contributed by atoms with Crippen LogP contribution in [0.25, 0.3) is 0 Å². The van der Waals surface area contributed by atoms with Crippen LogP contribution in [0.5, 0.6) is 0 Å². The number of rotatable bonds is 6. The van der Waals surface area contributed by atoms with Crippen molar-refractivity contribution in [1.29, 1.82) is 0 Å². The molecule has 0 aliphatic heterocycles. The molecule has 0 saturated heterocycles. The summed E-state index contributed by atoms with van der Waals surface area (Å²) in [6, 6.07) is 3.12. The number of unbranched alkanes of at least 4 members (excludes halogenated alkanes) is 1. The molecule has 19 heavy (non-hydrogen) atoms. The van der Waals surface area contributed by atoms with Crippen molar-refractivity contribution in [2.75, 3.05) is 6.54 Å². The van der Waals surface area contributed by atoms with Gasteiger partial charge >= 0.3 is 6.18 Å². The predicted octanol–water partition coefficient (Wildman–Crippen LogP) is 4.17. The third-order valence-corrected chi connectivity index (χ3v) is 2.73. The summed E-state index contributed by atoms with van der Waals surface area (Å²) in [4.78, 5) is 0. The van der Waals surface area contributed by atoms with Crippen LogP contribution in [-0.2, 0) is 12.6 Å². The van der Waals surface area contributed by atoms with Crippen molar-refractivity contribution in [1.82, 2.24) is 5.32 Å². The molecule has 1 N–H and O–H groups in total. The summed E-state index contributed by atoms with van der Waals surface area (Å²) in [5.74, 6) is -0.829. The second kappa shape index (κ2) is 6.89. The summed E-state index contributed by atoms with van der Waals surface area (Å²) < 4.78 is 50.6. The van der Waals surface area contributed by atoms with Crippen LogP contribution in [0.1, 0.15) is 37.8 Å². The van der Waals surface area contributed by atoms with Crippen molar-refractivity contribution >= 4 is 0 Å². The molecule has 1 rings (SSSR count). The number of halogens is 4. The molecule has 1 nitrogen and oxygen atoms in total. The molecule has 5 heteroatoms. The van der Waals surface area contributed by atoms with Gasteiger partial charge in [-0.15, -0.1) is 0 Å². The molecular weight excluding hydrogens is 258 g/mol. The van der Waals surface area contributed by atoms with Crippen LogP contribution in [0.15, 0.2) is 18.2 Å². The van der Waals surface area contributed by atoms with E-state index in [1.807, 2.05) is 13.8 Å². The molecule has 0 fully saturated rings. The van der Waals surface area contributed by atoms with Crippen molar-refractivity contribution < 1.29 is 17.6 Å². The van der Waals surface area contributed by atoms with Crippen molar-refractivity contribution in [3.63, 3.8) is 0 Å². The van der Waals surface area contributed by atoms with Crippen LogP contribution in [-0.4, -0.2) is 12.6 Å². The third-order valence-electron chi connectivity index (χ3n) is 2.73. The minimum Gasteiger partial charge on any atom is -0.315 e. The first-order valence-electron chi connectivity index (χ1n) is 6.39. The Labute approximate surface area is 111 Å². The molecule has 1 aromatic rings. The fourth-order valence-electron chi connectivity index (χ4n) is 1.80. The van der Waals surface area contributed by atoms with Gasteiger partial charge in [0.15, 0.2) is 0 Å². The van der Waals surface area contributed by atoms with Gasteiger partial charge in [-0.3, -0.25) is 0 Å². The average molecular weight is 277 g/mol. The fourth-order valence-corrected chi connectivity index (χ4v) is 1.80. The van der Waals surface area contributed by atoms with E-state index in [0.717, 1.165) is 25.5 Å². The topological polar surface area (TPSA) is 12.0 Å². The van der Waals surface area contributed by atoms with Gasteiger partial charge in [0.25, 0.3) is 0 Å². The zero-order valence-electron chi connectivity index (χ0n) is 11.1. The molecular formula is C14H19F4N. The highest BCUT2D eigenvalue weighted by Gasteiger charge is 2.31. The first-order valence-corrected chi connectivity index (χ1v) is 6.39. The Morgan fingerprint density at radius 3 is 2.37 bits per heavy atom. The highest BCUT2D eigenvalue weighted by molar-refractivity contribution is 5.26. The first-order chi connectivity index (χ1) is 8.79. The molecule has 0 aliphatic rings. The lowest BCUT2D eigenvalue weighted by Crippen LogP contribution is -2.23. The van der Waals surface area contributed by atoms with Crippen molar-refractivity contribution in [2.24, 2.45) is 0 Å². The van der Waals surface area contributed by atoms with E-state index in [2.05, 4.69) is 5.32 Å². The molecule has 0 aromatic heterocycles. The van der Waals surface area contributed by atoms with Gasteiger partial charge in [0.05, 0.1) is 5.56 Å². The van der Waals surface area contributed by atoms with Gasteiger partial charge in [0, 0.05) is 6.04 Å². The fraction of sp³-hybridized carbons (Fsp3) is 0.571. The molecule has 0 heterocycles. The molecule has 108 valence electrons. The van der Waals surface area contributed by atoms with Gasteiger partial charge in [-0.1, -0.05) is 13.8 Å². The Morgan fingerprint density at radius 1 is 1.11 bits per heavy atom. The van der Waals surface area contributed by atoms with Crippen molar-refractivity contribution in [3.8, 4) is 0 Å². The van der Waals surface area contributed by atoms with Crippen LogP contribution < -0.4 is 5.32 Å². The Balaban J connectivity index is 2.52. The van der Waals surface area contributed by atoms with Gasteiger partial charge < -0.3 is 5.32 Å². The molecule has 0 aliphatic carbocycles. The molecule has 0 spiro atoms. The summed E-state index contributed by atoms with van der Waals surface area (Å²) in [6.45, 7) is 4.88. The lowest BCUT2D eigenvalue weighted by molar-refractivity contribution is -0.137. The van der Waals surface area contributed by atoms with Crippen LogP contribution in [0.4, 0.5) is 17.6 Å². The van der Waals surface area contributed by atoms with E-state index in [1.165, 1.54) is 6.07 Å². The normalized spacial score (nSPS) is 12.2. The largest absolute Gasteiger partial charge is 0.416 e. The Hall–Kier alpha value is -1.10. The van der Waals surface area contributed by atoms with E-state index in [9.17, 15) is 17.6 Å². The van der Waals surface area contributed by atoms with E-state index in [1.54, 1.807) is 0 Å². The Kier molecular flexibility index (Phi) is 5.79. The predicted molar refractivity (Wildman–Crippen MR) is 67.5 cm³/mol. The van der Waals surface area contributed by atoms with Crippen LogP contribution in [0.2, 0.25) is 0 Å². The molecule has 0 saturated carbocycles. The zero-order chi connectivity index (χ0) is 14.5. The van der Waals surface area contributed by atoms with Crippen molar-refractivity contribution in [2.45, 2.75) is 45.3 Å². The maximum absolute atomic E-state index is 13.1. The van der Waals surface area contributed by atoms with Gasteiger partial charge in [0.1, 0.15) is 5.82 Å². The van der Waals surface area contributed by atoms with E-state index in [-0.39, 0.29) is 0 Å². The van der Waals surface area contributed by atoms with Crippen LogP contribution in [0, 0.1) is 5.82 Å². The Morgan fingerprint density at radius 2 is 1.79 bits per heavy atom. The quantitative estimate of drug-likeness (QED) is 0.608. The van der Waals surface area contributed by atoms with Gasteiger partial charge in [-0.25, -0.2) is 4.39 Å². The second-order valence-corrected chi connectivity index (χ2v) is 4.91. The summed E-state index contributed by atoms with van der Waals surface area (Å²) in [5.41, 5.74) is -0.514. The number of benzene rings is 1. The SMILES string of the molecule is CC(C)NCCCCc1cc(F)cc(C(F)(F)F)c1. The highest BCUT2D eigenvalue weighted by atomic mass is 19.4. The van der Waals surface area contributed by atoms with Crippen LogP contribution >= 0.6 is 0 Å². The standard InChI is InChI=1S/C14H19F4N/c1-10(2)19-6-4-3-5-11-7-12(14(16,17)18)9-13(15)8-11/h7-10,19H,3-6H2,1-2H3. The van der Waals surface area contributed by atoms with Crippen molar-refractivity contribution in [3.05, 3.63) is 35.1 Å². The third kappa shape index (κ3) is 6.05. The molecule has 0 amide bonds. The maximum Gasteiger partial charge on any atom is 0.416 e. The lowest BCUT2D eigenvalue weighted by atomic mass is 10.0. The minimum absolute atomic E-state index is 0.394. The number of hydrogen-bond donors (Lipinski definition) is 1. The van der Waals surface area contributed by atoms with E-state index >= 15 is 0 Å². The molecule has 1 aromatic carbocycles. The van der Waals surface area contributed by atoms with Gasteiger partial charge in [0.2, 0.25) is 0 Å². The zero-order valence-corrected chi connectivity index (χ0v) is 11.1. The summed E-state index contributed by atoms with van der Waals surface area (Å²) >= 11 is 0. The summed E-state index contributed by atoms with van der Waals surface area (Å²) in [6.07, 6.45) is -2.44. The number of aryl methyl sites for hydroxylation is 1. The smallest absolute Gasteiger partial charge is 0.315 e. The molecule has 0 bridgehead atoms. The Bertz CT molecular complexity index is 399. The molecule has 0 radical (unpaired) electrons. The molecule has 0 unspecified atom stereocenters. The van der Waals surface area contributed by atoms with Gasteiger partial charge in [-0.2, -0.15) is 13.2 Å². The van der Waals surface area contributed by atoms with E-state index in [0.29, 0.717) is 24.1 Å². The lowest BCUT2D eigenvalue weighted by Gasteiger charge is -2.10. The monoisotopic (exact) mass is 277 g/mol. The molecule has 0 atom stereocenters.